The molecule has 0 radical (unpaired) electrons. The quantitative estimate of drug-likeness (QED) is 0.755. The average Bonchev–Trinajstić information content (AvgIpc) is 2.05. The van der Waals surface area contributed by atoms with Crippen LogP contribution >= 0.6 is 17.0 Å². The Hall–Kier alpha value is -0.340. The minimum atomic E-state index is 0. The largest absolute Gasteiger partial charge is 0.303 e. The van der Waals surface area contributed by atoms with Gasteiger partial charge < -0.3 is 4.90 Å². The summed E-state index contributed by atoms with van der Waals surface area (Å²) in [6.07, 6.45) is 0. The lowest BCUT2D eigenvalue weighted by molar-refractivity contribution is 0.321. The molecule has 0 N–H and O–H groups in total. The molecule has 1 unspecified atom stereocenters. The van der Waals surface area contributed by atoms with E-state index in [1.807, 2.05) is 6.07 Å². The Balaban J connectivity index is 0.00000121. The van der Waals surface area contributed by atoms with Crippen molar-refractivity contribution < 1.29 is 0 Å². The molecule has 0 aliphatic rings. The van der Waals surface area contributed by atoms with Gasteiger partial charge in [0.25, 0.3) is 0 Å². The molecule has 0 aliphatic heterocycles. The van der Waals surface area contributed by atoms with Crippen LogP contribution in [0.25, 0.3) is 0 Å². The maximum Gasteiger partial charge on any atom is 0.0313 e. The first-order valence-corrected chi connectivity index (χ1v) is 3.93. The molecule has 1 rings (SSSR count). The van der Waals surface area contributed by atoms with E-state index in [1.54, 1.807) is 0 Å². The molecule has 0 saturated heterocycles. The van der Waals surface area contributed by atoms with Crippen molar-refractivity contribution in [3.05, 3.63) is 35.9 Å². The van der Waals surface area contributed by atoms with Crippen LogP contribution in [0.4, 0.5) is 0 Å². The molecule has 1 aromatic rings. The Bertz CT molecular complexity index is 208. The first-order valence-electron chi connectivity index (χ1n) is 3.93. The Kier molecular flexibility index (Phi) is 5.18. The van der Waals surface area contributed by atoms with Crippen LogP contribution in [0.5, 0.6) is 0 Å². The highest BCUT2D eigenvalue weighted by atomic mass is 79.9. The van der Waals surface area contributed by atoms with Gasteiger partial charge in [-0.05, 0) is 26.6 Å². The molecule has 2 heteroatoms. The minimum Gasteiger partial charge on any atom is -0.303 e. The molecule has 0 aromatic heterocycles. The topological polar surface area (TPSA) is 3.24 Å². The van der Waals surface area contributed by atoms with E-state index in [-0.39, 0.29) is 17.0 Å². The smallest absolute Gasteiger partial charge is 0.0313 e. The molecular weight excluding hydrogens is 214 g/mol. The molecule has 0 fully saturated rings. The van der Waals surface area contributed by atoms with E-state index in [4.69, 9.17) is 0 Å². The summed E-state index contributed by atoms with van der Waals surface area (Å²) >= 11 is 0. The maximum absolute atomic E-state index is 2.20. The highest BCUT2D eigenvalue weighted by Gasteiger charge is 2.04. The van der Waals surface area contributed by atoms with Crippen LogP contribution in [-0.4, -0.2) is 19.0 Å². The van der Waals surface area contributed by atoms with Gasteiger partial charge in [-0.15, -0.1) is 17.0 Å². The van der Waals surface area contributed by atoms with Gasteiger partial charge in [-0.25, -0.2) is 0 Å². The number of nitrogens with zero attached hydrogens (tertiary/aromatic N) is 1. The second kappa shape index (κ2) is 5.33. The molecule has 0 saturated carbocycles. The lowest BCUT2D eigenvalue weighted by atomic mass is 10.1. The number of benzene rings is 1. The lowest BCUT2D eigenvalue weighted by Crippen LogP contribution is -2.16. The van der Waals surface area contributed by atoms with Crippen LogP contribution in [0.15, 0.2) is 30.3 Å². The van der Waals surface area contributed by atoms with Crippen molar-refractivity contribution in [1.29, 1.82) is 0 Å². The van der Waals surface area contributed by atoms with E-state index >= 15 is 0 Å². The first-order chi connectivity index (χ1) is 5.22. The van der Waals surface area contributed by atoms with E-state index in [1.165, 1.54) is 5.56 Å². The van der Waals surface area contributed by atoms with Gasteiger partial charge in [0.1, 0.15) is 0 Å². The molecule has 12 heavy (non-hydrogen) atoms. The highest BCUT2D eigenvalue weighted by molar-refractivity contribution is 8.93. The molecule has 0 heterocycles. The summed E-state index contributed by atoms with van der Waals surface area (Å²) in [4.78, 5) is 2.20. The van der Waals surface area contributed by atoms with Crippen molar-refractivity contribution in [2.75, 3.05) is 14.1 Å². The highest BCUT2D eigenvalue weighted by Crippen LogP contribution is 2.15. The van der Waals surface area contributed by atoms with Gasteiger partial charge in [0.15, 0.2) is 0 Å². The summed E-state index contributed by atoms with van der Waals surface area (Å²) in [5.41, 5.74) is 1.37. The van der Waals surface area contributed by atoms with Crippen molar-refractivity contribution in [3.8, 4) is 0 Å². The third-order valence-corrected chi connectivity index (χ3v) is 2.06. The number of halogens is 1. The summed E-state index contributed by atoms with van der Waals surface area (Å²) in [5, 5.41) is 0. The first kappa shape index (κ1) is 11.7. The Morgan fingerprint density at radius 1 is 1.08 bits per heavy atom. The Morgan fingerprint density at radius 2 is 1.58 bits per heavy atom. The van der Waals surface area contributed by atoms with E-state index in [0.717, 1.165) is 0 Å². The zero-order valence-electron chi connectivity index (χ0n) is 7.82. The van der Waals surface area contributed by atoms with Crippen LogP contribution in [0, 0.1) is 0 Å². The fourth-order valence-electron chi connectivity index (χ4n) is 1.03. The van der Waals surface area contributed by atoms with Gasteiger partial charge in [0.05, 0.1) is 0 Å². The molecule has 0 aliphatic carbocycles. The Morgan fingerprint density at radius 3 is 2.00 bits per heavy atom. The summed E-state index contributed by atoms with van der Waals surface area (Å²) in [6.45, 7) is 2.20. The fourth-order valence-corrected chi connectivity index (χ4v) is 1.03. The molecular formula is C10H16BrN. The molecule has 1 nitrogen and oxygen atoms in total. The zero-order valence-corrected chi connectivity index (χ0v) is 9.53. The third-order valence-electron chi connectivity index (χ3n) is 2.06. The zero-order chi connectivity index (χ0) is 8.27. The van der Waals surface area contributed by atoms with Crippen molar-refractivity contribution in [1.82, 2.24) is 4.90 Å². The van der Waals surface area contributed by atoms with Crippen LogP contribution in [-0.2, 0) is 0 Å². The van der Waals surface area contributed by atoms with Crippen molar-refractivity contribution >= 4 is 17.0 Å². The summed E-state index contributed by atoms with van der Waals surface area (Å²) in [7, 11) is 4.19. The van der Waals surface area contributed by atoms with Crippen molar-refractivity contribution in [3.63, 3.8) is 0 Å². The monoisotopic (exact) mass is 229 g/mol. The van der Waals surface area contributed by atoms with Gasteiger partial charge in [-0.3, -0.25) is 0 Å². The van der Waals surface area contributed by atoms with Crippen LogP contribution in [0.2, 0.25) is 0 Å². The normalized spacial score (nSPS) is 12.3. The average molecular weight is 230 g/mol. The van der Waals surface area contributed by atoms with Crippen LogP contribution in [0.1, 0.15) is 18.5 Å². The number of hydrogen-bond donors (Lipinski definition) is 0. The molecule has 0 amide bonds. The summed E-state index contributed by atoms with van der Waals surface area (Å²) in [5.74, 6) is 0. The van der Waals surface area contributed by atoms with Crippen LogP contribution in [0.3, 0.4) is 0 Å². The summed E-state index contributed by atoms with van der Waals surface area (Å²) < 4.78 is 0. The predicted molar refractivity (Wildman–Crippen MR) is 58.9 cm³/mol. The van der Waals surface area contributed by atoms with E-state index in [2.05, 4.69) is 50.2 Å². The minimum absolute atomic E-state index is 0. The molecule has 1 aromatic carbocycles. The van der Waals surface area contributed by atoms with E-state index in [9.17, 15) is 0 Å². The van der Waals surface area contributed by atoms with Gasteiger partial charge in [-0.2, -0.15) is 0 Å². The molecule has 68 valence electrons. The van der Waals surface area contributed by atoms with Gasteiger partial charge in [0.2, 0.25) is 0 Å². The third kappa shape index (κ3) is 2.95. The standard InChI is InChI=1S/C10H15N.BrH/c1-9(11(2)3)10-7-5-4-6-8-10;/h4-9H,1-3H3;1H. The fraction of sp³-hybridized carbons (Fsp3) is 0.400. The van der Waals surface area contributed by atoms with Crippen LogP contribution < -0.4 is 0 Å². The number of hydrogen-bond acceptors (Lipinski definition) is 1. The maximum atomic E-state index is 2.20. The molecule has 1 atom stereocenters. The Labute approximate surface area is 85.2 Å². The van der Waals surface area contributed by atoms with E-state index in [0.29, 0.717) is 6.04 Å². The van der Waals surface area contributed by atoms with Gasteiger partial charge in [0, 0.05) is 6.04 Å². The second-order valence-corrected chi connectivity index (χ2v) is 3.05. The second-order valence-electron chi connectivity index (χ2n) is 3.05. The van der Waals surface area contributed by atoms with Gasteiger partial charge >= 0.3 is 0 Å². The van der Waals surface area contributed by atoms with E-state index < -0.39 is 0 Å². The van der Waals surface area contributed by atoms with Gasteiger partial charge in [-0.1, -0.05) is 30.3 Å². The summed E-state index contributed by atoms with van der Waals surface area (Å²) in [6, 6.07) is 11.0. The molecule has 0 bridgehead atoms. The predicted octanol–water partition coefficient (Wildman–Crippen LogP) is 2.89. The SMILES string of the molecule is Br.CC(c1ccccc1)N(C)C. The molecule has 0 spiro atoms. The van der Waals surface area contributed by atoms with Crippen molar-refractivity contribution in [2.45, 2.75) is 13.0 Å². The lowest BCUT2D eigenvalue weighted by Gasteiger charge is -2.19. The number of rotatable bonds is 2. The van der Waals surface area contributed by atoms with Crippen molar-refractivity contribution in [2.24, 2.45) is 0 Å².